The number of hydrogen-bond acceptors (Lipinski definition) is 5. The summed E-state index contributed by atoms with van der Waals surface area (Å²) in [5, 5.41) is 14.1. The van der Waals surface area contributed by atoms with Gasteiger partial charge < -0.3 is 10.1 Å². The third kappa shape index (κ3) is 4.72. The van der Waals surface area contributed by atoms with Crippen molar-refractivity contribution < 1.29 is 9.66 Å². The second-order valence-corrected chi connectivity index (χ2v) is 6.36. The number of nitrogens with one attached hydrogen (secondary N) is 1. The topological polar surface area (TPSA) is 64.4 Å². The van der Waals surface area contributed by atoms with Gasteiger partial charge in [-0.3, -0.25) is 10.1 Å². The maximum absolute atomic E-state index is 10.8. The molecule has 0 fully saturated rings. The Hall–Kier alpha value is -1.27. The van der Waals surface area contributed by atoms with Crippen LogP contribution in [0.3, 0.4) is 0 Å². The van der Waals surface area contributed by atoms with E-state index in [2.05, 4.69) is 25.4 Å². The molecule has 1 aromatic rings. The fourth-order valence-corrected chi connectivity index (χ4v) is 1.74. The van der Waals surface area contributed by atoms with Gasteiger partial charge in [0.1, 0.15) is 0 Å². The quantitative estimate of drug-likeness (QED) is 0.615. The first kappa shape index (κ1) is 15.8. The number of benzene rings is 1. The fourth-order valence-electron chi connectivity index (χ4n) is 1.52. The lowest BCUT2D eigenvalue weighted by molar-refractivity contribution is -0.384. The minimum Gasteiger partial charge on any atom is -0.383 e. The van der Waals surface area contributed by atoms with Gasteiger partial charge in [-0.25, -0.2) is 0 Å². The molecule has 0 aliphatic carbocycles. The summed E-state index contributed by atoms with van der Waals surface area (Å²) in [7, 11) is 1.58. The van der Waals surface area contributed by atoms with E-state index in [1.165, 1.54) is 6.07 Å². The predicted octanol–water partition coefficient (Wildman–Crippen LogP) is 3.29. The zero-order chi connectivity index (χ0) is 14.5. The number of nitro benzene ring substituents is 1. The number of thioether (sulfide) groups is 1. The molecule has 0 unspecified atom stereocenters. The summed E-state index contributed by atoms with van der Waals surface area (Å²) in [5.41, 5.74) is 1.77. The number of nitro groups is 1. The van der Waals surface area contributed by atoms with Gasteiger partial charge in [-0.05, 0) is 26.2 Å². The van der Waals surface area contributed by atoms with Crippen molar-refractivity contribution >= 4 is 23.1 Å². The lowest BCUT2D eigenvalue weighted by atomic mass is 10.1. The average Bonchev–Trinajstić information content (AvgIpc) is 2.37. The molecule has 1 rings (SSSR count). The molecule has 0 saturated carbocycles. The second-order valence-electron chi connectivity index (χ2n) is 4.85. The van der Waals surface area contributed by atoms with Crippen molar-refractivity contribution in [2.75, 3.05) is 25.2 Å². The van der Waals surface area contributed by atoms with Crippen LogP contribution in [0.15, 0.2) is 18.2 Å². The van der Waals surface area contributed by atoms with Gasteiger partial charge in [0.25, 0.3) is 5.69 Å². The Morgan fingerprint density at radius 1 is 1.47 bits per heavy atom. The van der Waals surface area contributed by atoms with Gasteiger partial charge in [-0.15, -0.1) is 0 Å². The van der Waals surface area contributed by atoms with Crippen molar-refractivity contribution in [2.45, 2.75) is 25.2 Å². The van der Waals surface area contributed by atoms with Crippen LogP contribution in [-0.4, -0.2) is 29.6 Å². The van der Waals surface area contributed by atoms with Crippen LogP contribution < -0.4 is 5.32 Å². The largest absolute Gasteiger partial charge is 0.383 e. The average molecular weight is 284 g/mol. The Morgan fingerprint density at radius 3 is 2.68 bits per heavy atom. The zero-order valence-corrected chi connectivity index (χ0v) is 12.5. The number of hydrogen-bond donors (Lipinski definition) is 1. The first-order valence-electron chi connectivity index (χ1n) is 5.95. The van der Waals surface area contributed by atoms with Gasteiger partial charge in [-0.1, -0.05) is 0 Å². The number of methoxy groups -OCH3 is 1. The van der Waals surface area contributed by atoms with E-state index in [9.17, 15) is 10.1 Å². The van der Waals surface area contributed by atoms with E-state index in [0.717, 1.165) is 17.8 Å². The fraction of sp³-hybridized carbons (Fsp3) is 0.538. The number of non-ortho nitro benzene ring substituents is 1. The molecule has 0 saturated heterocycles. The van der Waals surface area contributed by atoms with Gasteiger partial charge in [-0.2, -0.15) is 11.8 Å². The Kier molecular flexibility index (Phi) is 5.62. The molecule has 0 atom stereocenters. The van der Waals surface area contributed by atoms with E-state index in [0.29, 0.717) is 6.61 Å². The highest BCUT2D eigenvalue weighted by Gasteiger charge is 2.17. The summed E-state index contributed by atoms with van der Waals surface area (Å²) in [5.74, 6) is 0. The van der Waals surface area contributed by atoms with Crippen molar-refractivity contribution in [3.63, 3.8) is 0 Å². The number of anilines is 1. The Morgan fingerprint density at radius 2 is 2.16 bits per heavy atom. The zero-order valence-electron chi connectivity index (χ0n) is 11.7. The van der Waals surface area contributed by atoms with E-state index < -0.39 is 4.92 Å². The van der Waals surface area contributed by atoms with Crippen LogP contribution in [-0.2, 0) is 11.3 Å². The normalized spacial score (nSPS) is 11.4. The van der Waals surface area contributed by atoms with Gasteiger partial charge in [0.15, 0.2) is 0 Å². The van der Waals surface area contributed by atoms with Crippen LogP contribution in [0.2, 0.25) is 0 Å². The Labute approximate surface area is 117 Å². The molecule has 0 spiro atoms. The maximum Gasteiger partial charge on any atom is 0.269 e. The number of nitrogens with zero attached hydrogens (tertiary/aromatic N) is 1. The van der Waals surface area contributed by atoms with Crippen LogP contribution in [0.1, 0.15) is 19.4 Å². The van der Waals surface area contributed by atoms with Crippen molar-refractivity contribution in [3.05, 3.63) is 33.9 Å². The van der Waals surface area contributed by atoms with Crippen molar-refractivity contribution in [1.82, 2.24) is 0 Å². The molecule has 5 nitrogen and oxygen atoms in total. The molecule has 1 N–H and O–H groups in total. The summed E-state index contributed by atoms with van der Waals surface area (Å²) >= 11 is 1.77. The Balaban J connectivity index is 2.90. The number of rotatable bonds is 7. The van der Waals surface area contributed by atoms with E-state index in [1.54, 1.807) is 31.0 Å². The minimum atomic E-state index is -0.394. The van der Waals surface area contributed by atoms with Gasteiger partial charge in [0.05, 0.1) is 11.5 Å². The maximum atomic E-state index is 10.8. The van der Waals surface area contributed by atoms with Gasteiger partial charge in [0.2, 0.25) is 0 Å². The van der Waals surface area contributed by atoms with Crippen molar-refractivity contribution in [1.29, 1.82) is 0 Å². The summed E-state index contributed by atoms with van der Waals surface area (Å²) < 4.78 is 5.20. The smallest absolute Gasteiger partial charge is 0.269 e. The standard InChI is InChI=1S/C13H20N2O3S/c1-13(2,19-4)9-14-12-6-5-11(15(16)17)7-10(12)8-18-3/h5-7,14H,8-9H2,1-4H3. The Bertz CT molecular complexity index is 450. The lowest BCUT2D eigenvalue weighted by Gasteiger charge is -2.23. The van der Waals surface area contributed by atoms with Crippen LogP contribution in [0, 0.1) is 10.1 Å². The van der Waals surface area contributed by atoms with E-state index >= 15 is 0 Å². The predicted molar refractivity (Wildman–Crippen MR) is 79.9 cm³/mol. The summed E-state index contributed by atoms with van der Waals surface area (Å²) in [6.07, 6.45) is 2.06. The molecule has 19 heavy (non-hydrogen) atoms. The third-order valence-corrected chi connectivity index (χ3v) is 4.11. The summed E-state index contributed by atoms with van der Waals surface area (Å²) in [6.45, 7) is 5.42. The molecule has 0 heterocycles. The highest BCUT2D eigenvalue weighted by molar-refractivity contribution is 7.99. The van der Waals surface area contributed by atoms with Crippen LogP contribution in [0.5, 0.6) is 0 Å². The third-order valence-electron chi connectivity index (χ3n) is 2.86. The van der Waals surface area contributed by atoms with E-state index in [4.69, 9.17) is 4.74 Å². The van der Waals surface area contributed by atoms with Gasteiger partial charge in [0, 0.05) is 41.8 Å². The number of ether oxygens (including phenoxy) is 1. The van der Waals surface area contributed by atoms with E-state index in [-0.39, 0.29) is 10.4 Å². The molecule has 0 aliphatic rings. The molecule has 0 aromatic heterocycles. The molecular weight excluding hydrogens is 264 g/mol. The molecule has 6 heteroatoms. The van der Waals surface area contributed by atoms with E-state index in [1.807, 2.05) is 0 Å². The highest BCUT2D eigenvalue weighted by atomic mass is 32.2. The molecule has 0 aliphatic heterocycles. The van der Waals surface area contributed by atoms with Gasteiger partial charge >= 0.3 is 0 Å². The van der Waals surface area contributed by atoms with Crippen LogP contribution in [0.25, 0.3) is 0 Å². The second kappa shape index (κ2) is 6.77. The summed E-state index contributed by atoms with van der Waals surface area (Å²) in [4.78, 5) is 10.4. The monoisotopic (exact) mass is 284 g/mol. The molecule has 106 valence electrons. The van der Waals surface area contributed by atoms with Crippen molar-refractivity contribution in [3.8, 4) is 0 Å². The van der Waals surface area contributed by atoms with Crippen LogP contribution >= 0.6 is 11.8 Å². The SMILES string of the molecule is COCc1cc([N+](=O)[O-])ccc1NCC(C)(C)SC. The van der Waals surface area contributed by atoms with Crippen molar-refractivity contribution in [2.24, 2.45) is 0 Å². The van der Waals surface area contributed by atoms with Crippen LogP contribution in [0.4, 0.5) is 11.4 Å². The lowest BCUT2D eigenvalue weighted by Crippen LogP contribution is -2.26. The molecule has 0 radical (unpaired) electrons. The molecule has 1 aromatic carbocycles. The molecule has 0 amide bonds. The molecule has 0 bridgehead atoms. The first-order chi connectivity index (χ1) is 8.89. The minimum absolute atomic E-state index is 0.0849. The molecular formula is C13H20N2O3S. The summed E-state index contributed by atoms with van der Waals surface area (Å²) in [6, 6.07) is 4.80. The highest BCUT2D eigenvalue weighted by Crippen LogP contribution is 2.26. The first-order valence-corrected chi connectivity index (χ1v) is 7.17.